The summed E-state index contributed by atoms with van der Waals surface area (Å²) in [6.07, 6.45) is 0.462. The average Bonchev–Trinajstić information content (AvgIpc) is 3.05. The van der Waals surface area contributed by atoms with Crippen LogP contribution in [0, 0.1) is 6.92 Å². The molecular weight excluding hydrogens is 334 g/mol. The summed E-state index contributed by atoms with van der Waals surface area (Å²) in [5.41, 5.74) is 6.35. The second kappa shape index (κ2) is 5.08. The highest BCUT2D eigenvalue weighted by atomic mass is 32.1. The smallest absolute Gasteiger partial charge is 0.261 e. The van der Waals surface area contributed by atoms with E-state index in [4.69, 9.17) is 10.5 Å². The number of aliphatic imine (C=N–C) groups is 1. The van der Waals surface area contributed by atoms with Crippen molar-refractivity contribution in [3.8, 4) is 16.2 Å². The van der Waals surface area contributed by atoms with Crippen molar-refractivity contribution in [3.05, 3.63) is 40.8 Å². The van der Waals surface area contributed by atoms with Crippen LogP contribution in [0.4, 0.5) is 0 Å². The van der Waals surface area contributed by atoms with Crippen molar-refractivity contribution >= 4 is 23.2 Å². The number of thiophene rings is 1. The van der Waals surface area contributed by atoms with Crippen LogP contribution in [-0.2, 0) is 10.3 Å². The quantitative estimate of drug-likeness (QED) is 0.854. The summed E-state index contributed by atoms with van der Waals surface area (Å²) < 4.78 is 6.14. The van der Waals surface area contributed by atoms with Gasteiger partial charge in [-0.2, -0.15) is 0 Å². The average molecular weight is 355 g/mol. The van der Waals surface area contributed by atoms with E-state index in [0.29, 0.717) is 12.2 Å². The number of likely N-dealkylation sites (N-methyl/N-ethyl adjacent to an activating group) is 1. The summed E-state index contributed by atoms with van der Waals surface area (Å²) in [4.78, 5) is 21.5. The second-order valence-electron chi connectivity index (χ2n) is 7.35. The van der Waals surface area contributed by atoms with Crippen molar-refractivity contribution < 1.29 is 9.53 Å². The van der Waals surface area contributed by atoms with Gasteiger partial charge >= 0.3 is 0 Å². The first kappa shape index (κ1) is 16.1. The van der Waals surface area contributed by atoms with Gasteiger partial charge in [0.15, 0.2) is 11.5 Å². The maximum absolute atomic E-state index is 13.1. The lowest BCUT2D eigenvalue weighted by Gasteiger charge is -2.41. The zero-order valence-corrected chi connectivity index (χ0v) is 15.6. The first-order valence-corrected chi connectivity index (χ1v) is 9.07. The molecular formula is C19H21N3O2S. The van der Waals surface area contributed by atoms with E-state index in [0.717, 1.165) is 16.0 Å². The van der Waals surface area contributed by atoms with Gasteiger partial charge in [0.2, 0.25) is 0 Å². The molecule has 2 N–H and O–H groups in total. The molecule has 0 aliphatic carbocycles. The summed E-state index contributed by atoms with van der Waals surface area (Å²) >= 11 is 1.73. The van der Waals surface area contributed by atoms with Crippen LogP contribution in [0.3, 0.4) is 0 Å². The molecule has 5 nitrogen and oxygen atoms in total. The lowest BCUT2D eigenvalue weighted by molar-refractivity contribution is -0.133. The number of aryl methyl sites for hydroxylation is 1. The molecule has 25 heavy (non-hydrogen) atoms. The van der Waals surface area contributed by atoms with Crippen molar-refractivity contribution in [3.63, 3.8) is 0 Å². The number of carbonyl (C=O) groups excluding carboxylic acids is 1. The third kappa shape index (κ3) is 2.35. The van der Waals surface area contributed by atoms with Gasteiger partial charge in [0.25, 0.3) is 5.91 Å². The molecule has 0 saturated heterocycles. The molecule has 1 aromatic heterocycles. The minimum atomic E-state index is -1.00. The number of nitrogens with two attached hydrogens (primary N) is 1. The number of guanidine groups is 1. The second-order valence-corrected chi connectivity index (χ2v) is 8.64. The lowest BCUT2D eigenvalue weighted by Crippen LogP contribution is -2.49. The van der Waals surface area contributed by atoms with E-state index < -0.39 is 11.1 Å². The number of benzene rings is 1. The van der Waals surface area contributed by atoms with Crippen molar-refractivity contribution in [1.29, 1.82) is 0 Å². The van der Waals surface area contributed by atoms with Crippen LogP contribution < -0.4 is 10.5 Å². The summed E-state index contributed by atoms with van der Waals surface area (Å²) in [5, 5.41) is 0. The Hall–Kier alpha value is -2.34. The van der Waals surface area contributed by atoms with Gasteiger partial charge in [0, 0.05) is 28.8 Å². The van der Waals surface area contributed by atoms with Gasteiger partial charge in [-0.05, 0) is 56.7 Å². The fourth-order valence-corrected chi connectivity index (χ4v) is 4.58. The van der Waals surface area contributed by atoms with E-state index in [2.05, 4.69) is 24.0 Å². The van der Waals surface area contributed by atoms with Gasteiger partial charge < -0.3 is 10.5 Å². The largest absolute Gasteiger partial charge is 0.487 e. The molecule has 0 saturated carbocycles. The molecule has 1 atom stereocenters. The summed E-state index contributed by atoms with van der Waals surface area (Å²) in [6, 6.07) is 10.2. The molecule has 0 fully saturated rings. The first-order chi connectivity index (χ1) is 11.7. The van der Waals surface area contributed by atoms with Crippen LogP contribution in [0.1, 0.15) is 30.7 Å². The molecule has 2 aliphatic heterocycles. The van der Waals surface area contributed by atoms with E-state index in [1.165, 1.54) is 9.78 Å². The lowest BCUT2D eigenvalue weighted by atomic mass is 9.77. The fourth-order valence-electron chi connectivity index (χ4n) is 3.72. The molecule has 1 spiro atoms. The predicted octanol–water partition coefficient (Wildman–Crippen LogP) is 3.27. The van der Waals surface area contributed by atoms with Gasteiger partial charge in [-0.1, -0.05) is 0 Å². The third-order valence-corrected chi connectivity index (χ3v) is 5.88. The van der Waals surface area contributed by atoms with Crippen molar-refractivity contribution in [2.75, 3.05) is 7.05 Å². The number of fused-ring (bicyclic) bond motifs is 2. The van der Waals surface area contributed by atoms with E-state index in [-0.39, 0.29) is 11.9 Å². The summed E-state index contributed by atoms with van der Waals surface area (Å²) in [7, 11) is 1.67. The maximum atomic E-state index is 13.1. The minimum absolute atomic E-state index is 0.0952. The normalized spacial score (nSPS) is 24.2. The Morgan fingerprint density at radius 3 is 2.64 bits per heavy atom. The van der Waals surface area contributed by atoms with Crippen molar-refractivity contribution in [1.82, 2.24) is 4.90 Å². The number of nitrogens with zero attached hydrogens (tertiary/aromatic N) is 2. The monoisotopic (exact) mass is 355 g/mol. The van der Waals surface area contributed by atoms with Gasteiger partial charge in [-0.25, -0.2) is 4.99 Å². The van der Waals surface area contributed by atoms with E-state index in [9.17, 15) is 4.79 Å². The Morgan fingerprint density at radius 1 is 1.28 bits per heavy atom. The third-order valence-electron chi connectivity index (χ3n) is 4.83. The summed E-state index contributed by atoms with van der Waals surface area (Å²) in [5.74, 6) is 0.863. The summed E-state index contributed by atoms with van der Waals surface area (Å²) in [6.45, 7) is 6.04. The molecule has 1 amide bonds. The van der Waals surface area contributed by atoms with Crippen molar-refractivity contribution in [2.24, 2.45) is 10.7 Å². The van der Waals surface area contributed by atoms with E-state index in [1.807, 2.05) is 32.0 Å². The topological polar surface area (TPSA) is 67.9 Å². The van der Waals surface area contributed by atoms with Crippen LogP contribution in [0.5, 0.6) is 5.75 Å². The Bertz CT molecular complexity index is 915. The highest BCUT2D eigenvalue weighted by molar-refractivity contribution is 7.15. The molecule has 1 aromatic carbocycles. The standard InChI is InChI=1S/C19H21N3O2S/c1-11-5-8-15(25-11)12-6-7-14-13(9-12)19(10-18(2,3)24-14)16(23)22(4)17(20)21-19/h5-9H,10H2,1-4H3,(H2,20,21). The molecule has 3 heterocycles. The van der Waals surface area contributed by atoms with Crippen LogP contribution in [0.2, 0.25) is 0 Å². The molecule has 6 heteroatoms. The molecule has 130 valence electrons. The van der Waals surface area contributed by atoms with E-state index in [1.54, 1.807) is 18.4 Å². The van der Waals surface area contributed by atoms with Gasteiger partial charge in [-0.15, -0.1) is 11.3 Å². The van der Waals surface area contributed by atoms with Crippen molar-refractivity contribution in [2.45, 2.75) is 38.3 Å². The molecule has 1 unspecified atom stereocenters. The zero-order valence-electron chi connectivity index (χ0n) is 14.8. The number of rotatable bonds is 1. The molecule has 2 aromatic rings. The predicted molar refractivity (Wildman–Crippen MR) is 99.9 cm³/mol. The number of ether oxygens (including phenoxy) is 1. The van der Waals surface area contributed by atoms with Gasteiger partial charge in [0.05, 0.1) is 0 Å². The van der Waals surface area contributed by atoms with Crippen LogP contribution in [0.25, 0.3) is 10.4 Å². The Kier molecular flexibility index (Phi) is 3.28. The number of amides is 1. The molecule has 0 radical (unpaired) electrons. The highest BCUT2D eigenvalue weighted by Crippen LogP contribution is 2.50. The Balaban J connectivity index is 1.93. The first-order valence-electron chi connectivity index (χ1n) is 8.26. The minimum Gasteiger partial charge on any atom is -0.487 e. The Labute approximate surface area is 151 Å². The molecule has 4 rings (SSSR count). The Morgan fingerprint density at radius 2 is 2.04 bits per heavy atom. The highest BCUT2D eigenvalue weighted by Gasteiger charge is 2.55. The maximum Gasteiger partial charge on any atom is 0.261 e. The van der Waals surface area contributed by atoms with Gasteiger partial charge in [0.1, 0.15) is 11.4 Å². The zero-order chi connectivity index (χ0) is 18.0. The molecule has 0 bridgehead atoms. The van der Waals surface area contributed by atoms with Crippen LogP contribution >= 0.6 is 11.3 Å². The number of hydrogen-bond donors (Lipinski definition) is 1. The molecule has 2 aliphatic rings. The fraction of sp³-hybridized carbons (Fsp3) is 0.368. The van der Waals surface area contributed by atoms with Gasteiger partial charge in [-0.3, -0.25) is 9.69 Å². The number of hydrogen-bond acceptors (Lipinski definition) is 5. The SMILES string of the molecule is Cc1ccc(-c2ccc3c(c2)C2(CC(C)(C)O3)N=C(N)N(C)C2=O)s1. The van der Waals surface area contributed by atoms with Crippen LogP contribution in [-0.4, -0.2) is 29.4 Å². The van der Waals surface area contributed by atoms with Crippen LogP contribution in [0.15, 0.2) is 35.3 Å². The van der Waals surface area contributed by atoms with E-state index >= 15 is 0 Å². The number of carbonyl (C=O) groups is 1.